The van der Waals surface area contributed by atoms with Gasteiger partial charge in [0, 0.05) is 26.1 Å². The van der Waals surface area contributed by atoms with Gasteiger partial charge in [-0.05, 0) is 45.1 Å². The van der Waals surface area contributed by atoms with Crippen LogP contribution < -0.4 is 10.1 Å². The Kier molecular flexibility index (Phi) is 6.82. The number of likely N-dealkylation sites (tertiary alicyclic amines) is 1. The summed E-state index contributed by atoms with van der Waals surface area (Å²) in [7, 11) is 5.58. The number of ether oxygens (including phenoxy) is 1. The second-order valence-corrected chi connectivity index (χ2v) is 6.64. The van der Waals surface area contributed by atoms with Crippen LogP contribution in [0.25, 0.3) is 0 Å². The minimum atomic E-state index is -0.229. The van der Waals surface area contributed by atoms with E-state index in [4.69, 9.17) is 4.74 Å². The monoisotopic (exact) mass is 347 g/mol. The number of likely N-dealkylation sites (N-methyl/N-ethyl adjacent to an activating group) is 1. The summed E-state index contributed by atoms with van der Waals surface area (Å²) in [6.45, 7) is 3.96. The van der Waals surface area contributed by atoms with Gasteiger partial charge < -0.3 is 19.9 Å². The minimum absolute atomic E-state index is 0.0219. The van der Waals surface area contributed by atoms with Gasteiger partial charge in [0.1, 0.15) is 5.75 Å². The average molecular weight is 347 g/mol. The van der Waals surface area contributed by atoms with Crippen molar-refractivity contribution in [2.75, 3.05) is 40.8 Å². The first-order chi connectivity index (χ1) is 12.0. The predicted molar refractivity (Wildman–Crippen MR) is 97.4 cm³/mol. The van der Waals surface area contributed by atoms with Crippen molar-refractivity contribution < 1.29 is 14.3 Å². The summed E-state index contributed by atoms with van der Waals surface area (Å²) in [5, 5.41) is 3.02. The molecule has 1 aliphatic rings. The fraction of sp³-hybridized carbons (Fsp3) is 0.579. The van der Waals surface area contributed by atoms with Crippen molar-refractivity contribution in [1.82, 2.24) is 15.1 Å². The van der Waals surface area contributed by atoms with E-state index in [1.165, 1.54) is 0 Å². The van der Waals surface area contributed by atoms with Gasteiger partial charge in [-0.2, -0.15) is 0 Å². The lowest BCUT2D eigenvalue weighted by Crippen LogP contribution is -2.48. The SMILES string of the molecule is CCN1C(=O)CC[C@@H](C(=O)NCCN(C)C)[C@@H]1c1ccc(OC)cc1. The molecule has 1 fully saturated rings. The van der Waals surface area contributed by atoms with Crippen molar-refractivity contribution in [2.45, 2.75) is 25.8 Å². The molecular weight excluding hydrogens is 318 g/mol. The number of piperidine rings is 1. The smallest absolute Gasteiger partial charge is 0.225 e. The van der Waals surface area contributed by atoms with E-state index in [1.54, 1.807) is 7.11 Å². The lowest BCUT2D eigenvalue weighted by Gasteiger charge is -2.40. The molecule has 25 heavy (non-hydrogen) atoms. The number of hydrogen-bond donors (Lipinski definition) is 1. The highest BCUT2D eigenvalue weighted by Crippen LogP contribution is 2.37. The van der Waals surface area contributed by atoms with Gasteiger partial charge in [0.05, 0.1) is 19.1 Å². The Balaban J connectivity index is 2.22. The summed E-state index contributed by atoms with van der Waals surface area (Å²) in [4.78, 5) is 29.0. The van der Waals surface area contributed by atoms with Crippen LogP contribution in [0, 0.1) is 5.92 Å². The molecule has 1 heterocycles. The van der Waals surface area contributed by atoms with Crippen LogP contribution in [-0.2, 0) is 9.59 Å². The maximum atomic E-state index is 12.8. The van der Waals surface area contributed by atoms with Gasteiger partial charge >= 0.3 is 0 Å². The Morgan fingerprint density at radius 2 is 2.00 bits per heavy atom. The quantitative estimate of drug-likeness (QED) is 0.815. The Morgan fingerprint density at radius 3 is 2.56 bits per heavy atom. The highest BCUT2D eigenvalue weighted by Gasteiger charge is 2.39. The molecular formula is C19H29N3O3. The standard InChI is InChI=1S/C19H29N3O3/c1-5-22-17(23)11-10-16(19(24)20-12-13-21(2)3)18(22)14-6-8-15(25-4)9-7-14/h6-9,16,18H,5,10-13H2,1-4H3,(H,20,24)/t16-,18+/m1/s1. The summed E-state index contributed by atoms with van der Waals surface area (Å²) in [6, 6.07) is 7.43. The molecule has 2 rings (SSSR count). The van der Waals surface area contributed by atoms with Crippen molar-refractivity contribution in [1.29, 1.82) is 0 Å². The van der Waals surface area contributed by atoms with E-state index in [2.05, 4.69) is 5.32 Å². The highest BCUT2D eigenvalue weighted by atomic mass is 16.5. The van der Waals surface area contributed by atoms with E-state index < -0.39 is 0 Å². The molecule has 1 aliphatic heterocycles. The van der Waals surface area contributed by atoms with E-state index >= 15 is 0 Å². The molecule has 1 aromatic carbocycles. The average Bonchev–Trinajstić information content (AvgIpc) is 2.61. The molecule has 1 saturated heterocycles. The first kappa shape index (κ1) is 19.2. The van der Waals surface area contributed by atoms with E-state index in [1.807, 2.05) is 55.1 Å². The van der Waals surface area contributed by atoms with Gasteiger partial charge in [0.2, 0.25) is 11.8 Å². The van der Waals surface area contributed by atoms with Crippen molar-refractivity contribution >= 4 is 11.8 Å². The van der Waals surface area contributed by atoms with Crippen LogP contribution in [0.5, 0.6) is 5.75 Å². The molecule has 0 aliphatic carbocycles. The van der Waals surface area contributed by atoms with Crippen LogP contribution in [0.2, 0.25) is 0 Å². The van der Waals surface area contributed by atoms with Crippen molar-refractivity contribution in [3.63, 3.8) is 0 Å². The number of amides is 2. The van der Waals surface area contributed by atoms with Crippen molar-refractivity contribution in [3.8, 4) is 5.75 Å². The van der Waals surface area contributed by atoms with Crippen LogP contribution in [0.3, 0.4) is 0 Å². The second-order valence-electron chi connectivity index (χ2n) is 6.64. The normalized spacial score (nSPS) is 20.7. The third kappa shape index (κ3) is 4.72. The maximum absolute atomic E-state index is 12.8. The molecule has 1 aromatic rings. The van der Waals surface area contributed by atoms with Crippen molar-refractivity contribution in [3.05, 3.63) is 29.8 Å². The summed E-state index contributed by atoms with van der Waals surface area (Å²) >= 11 is 0. The number of carbonyl (C=O) groups is 2. The number of rotatable bonds is 7. The number of methoxy groups -OCH3 is 1. The third-order valence-corrected chi connectivity index (χ3v) is 4.70. The molecule has 138 valence electrons. The van der Waals surface area contributed by atoms with Crippen LogP contribution in [0.15, 0.2) is 24.3 Å². The van der Waals surface area contributed by atoms with E-state index in [0.717, 1.165) is 17.9 Å². The summed E-state index contributed by atoms with van der Waals surface area (Å²) in [5.41, 5.74) is 0.975. The summed E-state index contributed by atoms with van der Waals surface area (Å²) < 4.78 is 5.22. The largest absolute Gasteiger partial charge is 0.497 e. The van der Waals surface area contributed by atoms with Gasteiger partial charge in [-0.15, -0.1) is 0 Å². The second kappa shape index (κ2) is 8.85. The zero-order chi connectivity index (χ0) is 18.4. The predicted octanol–water partition coefficient (Wildman–Crippen LogP) is 1.67. The van der Waals surface area contributed by atoms with Crippen LogP contribution >= 0.6 is 0 Å². The first-order valence-corrected chi connectivity index (χ1v) is 8.83. The van der Waals surface area contributed by atoms with Gasteiger partial charge in [-0.1, -0.05) is 12.1 Å². The lowest BCUT2D eigenvalue weighted by molar-refractivity contribution is -0.143. The Bertz CT molecular complexity index is 586. The van der Waals surface area contributed by atoms with E-state index in [0.29, 0.717) is 25.9 Å². The fourth-order valence-corrected chi connectivity index (χ4v) is 3.35. The van der Waals surface area contributed by atoms with E-state index in [9.17, 15) is 9.59 Å². The number of carbonyl (C=O) groups excluding carboxylic acids is 2. The number of nitrogens with zero attached hydrogens (tertiary/aromatic N) is 2. The molecule has 0 bridgehead atoms. The van der Waals surface area contributed by atoms with Crippen molar-refractivity contribution in [2.24, 2.45) is 5.92 Å². The zero-order valence-electron chi connectivity index (χ0n) is 15.6. The fourth-order valence-electron chi connectivity index (χ4n) is 3.35. The molecule has 0 radical (unpaired) electrons. The summed E-state index contributed by atoms with van der Waals surface area (Å²) in [6.07, 6.45) is 1.01. The highest BCUT2D eigenvalue weighted by molar-refractivity contribution is 5.85. The molecule has 0 unspecified atom stereocenters. The number of benzene rings is 1. The summed E-state index contributed by atoms with van der Waals surface area (Å²) in [5.74, 6) is 0.670. The molecule has 0 saturated carbocycles. The molecule has 2 atom stereocenters. The number of hydrogen-bond acceptors (Lipinski definition) is 4. The van der Waals surface area contributed by atoms with Gasteiger partial charge in [0.25, 0.3) is 0 Å². The Hall–Kier alpha value is -2.08. The lowest BCUT2D eigenvalue weighted by atomic mass is 9.83. The molecule has 6 heteroatoms. The van der Waals surface area contributed by atoms with Gasteiger partial charge in [0.15, 0.2) is 0 Å². The van der Waals surface area contributed by atoms with Crippen LogP contribution in [0.1, 0.15) is 31.4 Å². The zero-order valence-corrected chi connectivity index (χ0v) is 15.6. The third-order valence-electron chi connectivity index (χ3n) is 4.70. The minimum Gasteiger partial charge on any atom is -0.497 e. The number of nitrogens with one attached hydrogen (secondary N) is 1. The molecule has 0 spiro atoms. The molecule has 2 amide bonds. The first-order valence-electron chi connectivity index (χ1n) is 8.83. The van der Waals surface area contributed by atoms with Crippen LogP contribution in [0.4, 0.5) is 0 Å². The van der Waals surface area contributed by atoms with Crippen LogP contribution in [-0.4, -0.2) is 62.5 Å². The van der Waals surface area contributed by atoms with Gasteiger partial charge in [-0.3, -0.25) is 9.59 Å². The van der Waals surface area contributed by atoms with Gasteiger partial charge in [-0.25, -0.2) is 0 Å². The molecule has 1 N–H and O–H groups in total. The molecule has 6 nitrogen and oxygen atoms in total. The maximum Gasteiger partial charge on any atom is 0.225 e. The van der Waals surface area contributed by atoms with E-state index in [-0.39, 0.29) is 23.8 Å². The molecule has 0 aromatic heterocycles. The Morgan fingerprint density at radius 1 is 1.32 bits per heavy atom. The topological polar surface area (TPSA) is 61.9 Å². The Labute approximate surface area is 150 Å².